The van der Waals surface area contributed by atoms with Crippen LogP contribution in [-0.4, -0.2) is 25.1 Å². The molecular formula is C16H16FNO4S. The monoisotopic (exact) mass is 337 g/mol. The van der Waals surface area contributed by atoms with E-state index in [0.717, 1.165) is 16.9 Å². The van der Waals surface area contributed by atoms with E-state index in [1.54, 1.807) is 19.9 Å². The number of thiophene rings is 1. The lowest BCUT2D eigenvalue weighted by Crippen LogP contribution is -2.19. The van der Waals surface area contributed by atoms with Gasteiger partial charge in [0.25, 0.3) is 5.91 Å². The molecule has 0 aliphatic heterocycles. The standard InChI is InChI=1S/C16H16FNO4S/c1-3-21-16(20)15-10(2)8-14(23-15)18-13(19)9-22-12-6-4-11(17)5-7-12/h4-8H,3,9H2,1-2H3,(H,18,19). The SMILES string of the molecule is CCOC(=O)c1sc(NC(=O)COc2ccc(F)cc2)cc1C. The maximum Gasteiger partial charge on any atom is 0.348 e. The van der Waals surface area contributed by atoms with Crippen molar-refractivity contribution in [2.24, 2.45) is 0 Å². The molecular weight excluding hydrogens is 321 g/mol. The highest BCUT2D eigenvalue weighted by atomic mass is 32.1. The highest BCUT2D eigenvalue weighted by molar-refractivity contribution is 7.18. The van der Waals surface area contributed by atoms with Gasteiger partial charge < -0.3 is 14.8 Å². The number of halogens is 1. The van der Waals surface area contributed by atoms with Gasteiger partial charge in [-0.1, -0.05) is 0 Å². The van der Waals surface area contributed by atoms with Crippen LogP contribution in [0.4, 0.5) is 9.39 Å². The summed E-state index contributed by atoms with van der Waals surface area (Å²) in [5.74, 6) is -0.748. The predicted molar refractivity (Wildman–Crippen MR) is 85.5 cm³/mol. The van der Waals surface area contributed by atoms with Crippen LogP contribution < -0.4 is 10.1 Å². The predicted octanol–water partition coefficient (Wildman–Crippen LogP) is 3.39. The molecule has 0 saturated carbocycles. The van der Waals surface area contributed by atoms with Crippen LogP contribution in [0.2, 0.25) is 0 Å². The number of aryl methyl sites for hydroxylation is 1. The number of hydrogen-bond donors (Lipinski definition) is 1. The number of amides is 1. The Hall–Kier alpha value is -2.41. The minimum atomic E-state index is -0.405. The van der Waals surface area contributed by atoms with E-state index in [1.807, 2.05) is 0 Å². The zero-order valence-corrected chi connectivity index (χ0v) is 13.5. The van der Waals surface area contributed by atoms with E-state index in [2.05, 4.69) is 5.32 Å². The molecule has 1 N–H and O–H groups in total. The van der Waals surface area contributed by atoms with Gasteiger partial charge in [-0.15, -0.1) is 11.3 Å². The van der Waals surface area contributed by atoms with Crippen molar-refractivity contribution in [3.63, 3.8) is 0 Å². The number of anilines is 1. The number of carbonyl (C=O) groups is 2. The van der Waals surface area contributed by atoms with Gasteiger partial charge in [-0.25, -0.2) is 9.18 Å². The quantitative estimate of drug-likeness (QED) is 0.821. The van der Waals surface area contributed by atoms with Crippen LogP contribution in [0.1, 0.15) is 22.2 Å². The van der Waals surface area contributed by atoms with Crippen molar-refractivity contribution in [3.8, 4) is 5.75 Å². The summed E-state index contributed by atoms with van der Waals surface area (Å²) >= 11 is 1.15. The number of hydrogen-bond acceptors (Lipinski definition) is 5. The number of carbonyl (C=O) groups excluding carboxylic acids is 2. The topological polar surface area (TPSA) is 64.6 Å². The summed E-state index contributed by atoms with van der Waals surface area (Å²) in [5, 5.41) is 3.19. The van der Waals surface area contributed by atoms with Crippen LogP contribution in [0.25, 0.3) is 0 Å². The first-order chi connectivity index (χ1) is 11.0. The summed E-state index contributed by atoms with van der Waals surface area (Å²) in [6.45, 7) is 3.59. The molecule has 0 radical (unpaired) electrons. The molecule has 1 aromatic heterocycles. The third-order valence-corrected chi connectivity index (χ3v) is 3.96. The zero-order chi connectivity index (χ0) is 16.8. The van der Waals surface area contributed by atoms with E-state index < -0.39 is 5.97 Å². The molecule has 0 fully saturated rings. The highest BCUT2D eigenvalue weighted by Gasteiger charge is 2.16. The van der Waals surface area contributed by atoms with Gasteiger partial charge in [-0.2, -0.15) is 0 Å². The number of benzene rings is 1. The van der Waals surface area contributed by atoms with Crippen molar-refractivity contribution in [1.82, 2.24) is 0 Å². The molecule has 0 aliphatic rings. The zero-order valence-electron chi connectivity index (χ0n) is 12.7. The van der Waals surface area contributed by atoms with Crippen molar-refractivity contribution >= 4 is 28.2 Å². The van der Waals surface area contributed by atoms with Gasteiger partial charge in [-0.05, 0) is 49.7 Å². The maximum absolute atomic E-state index is 12.8. The van der Waals surface area contributed by atoms with Crippen LogP contribution in [0.3, 0.4) is 0 Å². The molecule has 0 atom stereocenters. The van der Waals surface area contributed by atoms with Crippen molar-refractivity contribution < 1.29 is 23.5 Å². The fourth-order valence-electron chi connectivity index (χ4n) is 1.80. The van der Waals surface area contributed by atoms with Gasteiger partial charge in [0.2, 0.25) is 0 Å². The summed E-state index contributed by atoms with van der Waals surface area (Å²) in [5.41, 5.74) is 0.739. The van der Waals surface area contributed by atoms with E-state index >= 15 is 0 Å². The Bertz CT molecular complexity index is 697. The second-order valence-corrected chi connectivity index (χ2v) is 5.69. The molecule has 7 heteroatoms. The molecule has 0 spiro atoms. The number of nitrogens with one attached hydrogen (secondary N) is 1. The molecule has 0 bridgehead atoms. The second-order valence-electron chi connectivity index (χ2n) is 4.63. The van der Waals surface area contributed by atoms with E-state index in [0.29, 0.717) is 22.2 Å². The Kier molecular flexibility index (Phi) is 5.70. The number of rotatable bonds is 6. The Morgan fingerprint density at radius 1 is 1.26 bits per heavy atom. The molecule has 0 unspecified atom stereocenters. The maximum atomic E-state index is 12.8. The van der Waals surface area contributed by atoms with Crippen LogP contribution in [-0.2, 0) is 9.53 Å². The molecule has 2 aromatic rings. The highest BCUT2D eigenvalue weighted by Crippen LogP contribution is 2.27. The van der Waals surface area contributed by atoms with E-state index in [1.165, 1.54) is 24.3 Å². The molecule has 122 valence electrons. The Morgan fingerprint density at radius 3 is 2.61 bits per heavy atom. The third kappa shape index (κ3) is 4.79. The van der Waals surface area contributed by atoms with Gasteiger partial charge in [0.05, 0.1) is 11.6 Å². The number of ether oxygens (including phenoxy) is 2. The fourth-order valence-corrected chi connectivity index (χ4v) is 2.78. The van der Waals surface area contributed by atoms with E-state index in [-0.39, 0.29) is 18.3 Å². The van der Waals surface area contributed by atoms with Crippen LogP contribution in [0, 0.1) is 12.7 Å². The minimum Gasteiger partial charge on any atom is -0.484 e. The molecule has 5 nitrogen and oxygen atoms in total. The van der Waals surface area contributed by atoms with Gasteiger partial charge >= 0.3 is 5.97 Å². The molecule has 0 saturated heterocycles. The lowest BCUT2D eigenvalue weighted by Gasteiger charge is -2.05. The van der Waals surface area contributed by atoms with Crippen LogP contribution >= 0.6 is 11.3 Å². The second kappa shape index (κ2) is 7.73. The fraction of sp³-hybridized carbons (Fsp3) is 0.250. The molecule has 0 aliphatic carbocycles. The summed E-state index contributed by atoms with van der Waals surface area (Å²) in [6, 6.07) is 7.09. The largest absolute Gasteiger partial charge is 0.484 e. The first-order valence-corrected chi connectivity index (χ1v) is 7.77. The van der Waals surface area contributed by atoms with Crippen molar-refractivity contribution in [2.45, 2.75) is 13.8 Å². The molecule has 2 rings (SSSR count). The molecule has 1 heterocycles. The summed E-state index contributed by atoms with van der Waals surface area (Å²) in [6.07, 6.45) is 0. The van der Waals surface area contributed by atoms with Crippen molar-refractivity contribution in [2.75, 3.05) is 18.5 Å². The van der Waals surface area contributed by atoms with E-state index in [4.69, 9.17) is 9.47 Å². The van der Waals surface area contributed by atoms with Gasteiger partial charge in [0.1, 0.15) is 16.4 Å². The summed E-state index contributed by atoms with van der Waals surface area (Å²) in [7, 11) is 0. The van der Waals surface area contributed by atoms with Crippen LogP contribution in [0.5, 0.6) is 5.75 Å². The molecule has 23 heavy (non-hydrogen) atoms. The average molecular weight is 337 g/mol. The van der Waals surface area contributed by atoms with Crippen molar-refractivity contribution in [3.05, 3.63) is 46.6 Å². The first kappa shape index (κ1) is 17.0. The normalized spacial score (nSPS) is 10.2. The Balaban J connectivity index is 1.91. The Labute approximate surface area is 137 Å². The molecule has 1 aromatic carbocycles. The summed E-state index contributed by atoms with van der Waals surface area (Å²) in [4.78, 5) is 24.0. The minimum absolute atomic E-state index is 0.211. The summed E-state index contributed by atoms with van der Waals surface area (Å²) < 4.78 is 23.0. The smallest absolute Gasteiger partial charge is 0.348 e. The van der Waals surface area contributed by atoms with Crippen LogP contribution in [0.15, 0.2) is 30.3 Å². The lowest BCUT2D eigenvalue weighted by atomic mass is 10.3. The lowest BCUT2D eigenvalue weighted by molar-refractivity contribution is -0.118. The number of esters is 1. The average Bonchev–Trinajstić information content (AvgIpc) is 2.87. The Morgan fingerprint density at radius 2 is 1.96 bits per heavy atom. The van der Waals surface area contributed by atoms with Crippen molar-refractivity contribution in [1.29, 1.82) is 0 Å². The van der Waals surface area contributed by atoms with Gasteiger partial charge in [-0.3, -0.25) is 4.79 Å². The molecule has 1 amide bonds. The third-order valence-electron chi connectivity index (χ3n) is 2.82. The first-order valence-electron chi connectivity index (χ1n) is 6.95. The van der Waals surface area contributed by atoms with Gasteiger partial charge in [0, 0.05) is 0 Å². The van der Waals surface area contributed by atoms with E-state index in [9.17, 15) is 14.0 Å². The van der Waals surface area contributed by atoms with Gasteiger partial charge in [0.15, 0.2) is 6.61 Å².